The molecule has 0 aliphatic heterocycles. The van der Waals surface area contributed by atoms with Crippen molar-refractivity contribution >= 4 is 16.8 Å². The number of hydrogen-bond donors (Lipinski definition) is 2. The molecule has 0 radical (unpaired) electrons. The van der Waals surface area contributed by atoms with Gasteiger partial charge in [0.15, 0.2) is 0 Å². The lowest BCUT2D eigenvalue weighted by molar-refractivity contribution is -0.125. The summed E-state index contributed by atoms with van der Waals surface area (Å²) in [6.45, 7) is 2.78. The molecule has 140 valence electrons. The minimum absolute atomic E-state index is 0.0629. The van der Waals surface area contributed by atoms with Gasteiger partial charge in [0.25, 0.3) is 0 Å². The molecule has 3 aromatic rings. The molecule has 0 saturated heterocycles. The van der Waals surface area contributed by atoms with Crippen LogP contribution in [0.3, 0.4) is 0 Å². The number of aryl methyl sites for hydroxylation is 2. The summed E-state index contributed by atoms with van der Waals surface area (Å²) >= 11 is 0. The number of aromatic nitrogens is 1. The molecule has 4 rings (SSSR count). The van der Waals surface area contributed by atoms with Crippen molar-refractivity contribution in [1.29, 1.82) is 0 Å². The summed E-state index contributed by atoms with van der Waals surface area (Å²) in [6.07, 6.45) is 3.51. The van der Waals surface area contributed by atoms with Gasteiger partial charge in [0.1, 0.15) is 5.75 Å². The van der Waals surface area contributed by atoms with Crippen LogP contribution < -0.4 is 10.1 Å². The molecule has 1 aliphatic rings. The van der Waals surface area contributed by atoms with Crippen molar-refractivity contribution in [2.24, 2.45) is 5.92 Å². The van der Waals surface area contributed by atoms with E-state index in [-0.39, 0.29) is 11.8 Å². The van der Waals surface area contributed by atoms with Crippen LogP contribution in [0.25, 0.3) is 10.9 Å². The Morgan fingerprint density at radius 2 is 2.04 bits per heavy atom. The maximum Gasteiger partial charge on any atom is 0.223 e. The van der Waals surface area contributed by atoms with E-state index in [2.05, 4.69) is 35.4 Å². The monoisotopic (exact) mass is 362 g/mol. The van der Waals surface area contributed by atoms with Gasteiger partial charge in [0.05, 0.1) is 7.11 Å². The number of methoxy groups -OCH3 is 1. The van der Waals surface area contributed by atoms with Gasteiger partial charge in [-0.2, -0.15) is 0 Å². The van der Waals surface area contributed by atoms with Gasteiger partial charge in [-0.1, -0.05) is 23.8 Å². The van der Waals surface area contributed by atoms with Gasteiger partial charge in [0, 0.05) is 29.1 Å². The Bertz CT molecular complexity index is 956. The van der Waals surface area contributed by atoms with Crippen LogP contribution in [0.5, 0.6) is 5.75 Å². The van der Waals surface area contributed by atoms with Crippen LogP contribution in [0.4, 0.5) is 0 Å². The maximum absolute atomic E-state index is 12.7. The fourth-order valence-corrected chi connectivity index (χ4v) is 4.02. The van der Waals surface area contributed by atoms with Crippen LogP contribution in [-0.4, -0.2) is 24.5 Å². The number of aromatic amines is 1. The highest BCUT2D eigenvalue weighted by atomic mass is 16.5. The second-order valence-electron chi connectivity index (χ2n) is 7.46. The second-order valence-corrected chi connectivity index (χ2v) is 7.46. The zero-order valence-electron chi connectivity index (χ0n) is 16.0. The number of hydrogen-bond acceptors (Lipinski definition) is 2. The van der Waals surface area contributed by atoms with Gasteiger partial charge in [-0.05, 0) is 68.0 Å². The molecule has 0 saturated carbocycles. The van der Waals surface area contributed by atoms with Gasteiger partial charge >= 0.3 is 0 Å². The zero-order valence-corrected chi connectivity index (χ0v) is 16.0. The number of amides is 1. The summed E-state index contributed by atoms with van der Waals surface area (Å²) in [7, 11) is 1.67. The number of H-pyrrole nitrogens is 1. The van der Waals surface area contributed by atoms with E-state index in [4.69, 9.17) is 4.74 Å². The second kappa shape index (κ2) is 7.47. The van der Waals surface area contributed by atoms with E-state index < -0.39 is 0 Å². The van der Waals surface area contributed by atoms with Crippen LogP contribution in [0, 0.1) is 12.8 Å². The summed E-state index contributed by atoms with van der Waals surface area (Å²) in [4.78, 5) is 16.2. The first-order valence-corrected chi connectivity index (χ1v) is 9.65. The predicted molar refractivity (Wildman–Crippen MR) is 108 cm³/mol. The first-order chi connectivity index (χ1) is 13.1. The van der Waals surface area contributed by atoms with Gasteiger partial charge < -0.3 is 15.0 Å². The average Bonchev–Trinajstić information content (AvgIpc) is 3.05. The third-order valence-corrected chi connectivity index (χ3v) is 5.59. The highest BCUT2D eigenvalue weighted by Gasteiger charge is 2.27. The molecular formula is C23H26N2O2. The first-order valence-electron chi connectivity index (χ1n) is 9.65. The lowest BCUT2D eigenvalue weighted by atomic mass is 9.85. The zero-order chi connectivity index (χ0) is 18.8. The molecule has 2 N–H and O–H groups in total. The average molecular weight is 362 g/mol. The minimum Gasteiger partial charge on any atom is -0.497 e. The Balaban J connectivity index is 1.37. The van der Waals surface area contributed by atoms with Gasteiger partial charge in [0.2, 0.25) is 5.91 Å². The Labute approximate surface area is 159 Å². The van der Waals surface area contributed by atoms with E-state index in [1.54, 1.807) is 7.11 Å². The molecule has 1 aromatic heterocycles. The van der Waals surface area contributed by atoms with Crippen molar-refractivity contribution in [3.05, 3.63) is 64.8 Å². The lowest BCUT2D eigenvalue weighted by Crippen LogP contribution is -2.35. The van der Waals surface area contributed by atoms with Crippen molar-refractivity contribution in [2.75, 3.05) is 13.7 Å². The molecule has 2 aromatic carbocycles. The molecular weight excluding hydrogens is 336 g/mol. The predicted octanol–water partition coefficient (Wildman–Crippen LogP) is 3.95. The molecule has 0 bridgehead atoms. The summed E-state index contributed by atoms with van der Waals surface area (Å²) in [5, 5.41) is 4.41. The standard InChI is InChI=1S/C23H26N2O2/c1-15-3-9-21-19(13-15)20-14-17(6-10-22(20)25-21)23(26)24-12-11-16-4-7-18(27-2)8-5-16/h3-5,7-9,13,17,25H,6,10-12,14H2,1-2H3,(H,24,26). The number of carbonyl (C=O) groups excluding carboxylic acids is 1. The SMILES string of the molecule is COc1ccc(CCNC(=O)C2CCc3[nH]c4ccc(C)cc4c3C2)cc1. The van der Waals surface area contributed by atoms with Gasteiger partial charge in [-0.25, -0.2) is 0 Å². The molecule has 0 spiro atoms. The molecule has 1 aliphatic carbocycles. The van der Waals surface area contributed by atoms with E-state index >= 15 is 0 Å². The van der Waals surface area contributed by atoms with Crippen molar-refractivity contribution in [3.8, 4) is 5.75 Å². The Hall–Kier alpha value is -2.75. The normalized spacial score (nSPS) is 16.1. The fraction of sp³-hybridized carbons (Fsp3) is 0.348. The third-order valence-electron chi connectivity index (χ3n) is 5.59. The maximum atomic E-state index is 12.7. The summed E-state index contributed by atoms with van der Waals surface area (Å²) in [5.41, 5.74) is 6.28. The molecule has 1 atom stereocenters. The summed E-state index contributed by atoms with van der Waals surface area (Å²) < 4.78 is 5.18. The topological polar surface area (TPSA) is 54.1 Å². The fourth-order valence-electron chi connectivity index (χ4n) is 4.02. The van der Waals surface area contributed by atoms with E-state index in [1.165, 1.54) is 33.3 Å². The molecule has 27 heavy (non-hydrogen) atoms. The largest absolute Gasteiger partial charge is 0.497 e. The molecule has 0 fully saturated rings. The highest BCUT2D eigenvalue weighted by Crippen LogP contribution is 2.32. The molecule has 4 heteroatoms. The smallest absolute Gasteiger partial charge is 0.223 e. The number of rotatable bonds is 5. The van der Waals surface area contributed by atoms with E-state index in [1.807, 2.05) is 24.3 Å². The van der Waals surface area contributed by atoms with Crippen LogP contribution in [-0.2, 0) is 24.1 Å². The Morgan fingerprint density at radius 3 is 2.81 bits per heavy atom. The van der Waals surface area contributed by atoms with Crippen LogP contribution in [0.1, 0.15) is 28.8 Å². The molecule has 4 nitrogen and oxygen atoms in total. The summed E-state index contributed by atoms with van der Waals surface area (Å²) in [6, 6.07) is 14.5. The summed E-state index contributed by atoms with van der Waals surface area (Å²) in [5.74, 6) is 1.10. The van der Waals surface area contributed by atoms with E-state index in [0.717, 1.165) is 31.4 Å². The molecule has 1 amide bonds. The number of benzene rings is 2. The van der Waals surface area contributed by atoms with Gasteiger partial charge in [-0.3, -0.25) is 4.79 Å². The minimum atomic E-state index is 0.0629. The van der Waals surface area contributed by atoms with Crippen molar-refractivity contribution in [1.82, 2.24) is 10.3 Å². The van der Waals surface area contributed by atoms with Crippen LogP contribution >= 0.6 is 0 Å². The molecule has 1 unspecified atom stereocenters. The Morgan fingerprint density at radius 1 is 1.22 bits per heavy atom. The number of ether oxygens (including phenoxy) is 1. The van der Waals surface area contributed by atoms with E-state index in [9.17, 15) is 4.79 Å². The van der Waals surface area contributed by atoms with Crippen molar-refractivity contribution in [3.63, 3.8) is 0 Å². The Kier molecular flexibility index (Phi) is 4.88. The van der Waals surface area contributed by atoms with Crippen molar-refractivity contribution in [2.45, 2.75) is 32.6 Å². The number of nitrogens with one attached hydrogen (secondary N) is 2. The number of fused-ring (bicyclic) bond motifs is 3. The van der Waals surface area contributed by atoms with Gasteiger partial charge in [-0.15, -0.1) is 0 Å². The first kappa shape index (κ1) is 17.7. The van der Waals surface area contributed by atoms with Crippen LogP contribution in [0.2, 0.25) is 0 Å². The lowest BCUT2D eigenvalue weighted by Gasteiger charge is -2.22. The quantitative estimate of drug-likeness (QED) is 0.722. The van der Waals surface area contributed by atoms with E-state index in [0.29, 0.717) is 6.54 Å². The highest BCUT2D eigenvalue weighted by molar-refractivity contribution is 5.87. The number of carbonyl (C=O) groups is 1. The molecule has 1 heterocycles. The third kappa shape index (κ3) is 3.70. The van der Waals surface area contributed by atoms with Crippen LogP contribution in [0.15, 0.2) is 42.5 Å². The van der Waals surface area contributed by atoms with Crippen molar-refractivity contribution < 1.29 is 9.53 Å².